The van der Waals surface area contributed by atoms with Crippen LogP contribution in [0.3, 0.4) is 0 Å². The summed E-state index contributed by atoms with van der Waals surface area (Å²) in [6, 6.07) is 0. The van der Waals surface area contributed by atoms with Crippen LogP contribution in [0.1, 0.15) is 20.8 Å². The van der Waals surface area contributed by atoms with Crippen molar-refractivity contribution in [3.05, 3.63) is 0 Å². The van der Waals surface area contributed by atoms with Gasteiger partial charge in [0.05, 0.1) is 39.2 Å². The monoisotopic (exact) mass is 177 g/mol. The Kier molecular flexibility index (Phi) is 2.77. The summed E-state index contributed by atoms with van der Waals surface area (Å²) in [6.07, 6.45) is 0. The topological polar surface area (TPSA) is 3.24 Å². The van der Waals surface area contributed by atoms with E-state index in [1.54, 1.807) is 0 Å². The molecule has 0 aromatic rings. The van der Waals surface area contributed by atoms with Gasteiger partial charge in [0.15, 0.2) is 0 Å². The molecule has 6 heteroatoms. The van der Waals surface area contributed by atoms with E-state index < -0.39 is 16.4 Å². The largest absolute Gasteiger partial charge is 0.311 e. The zero-order valence-corrected chi connectivity index (χ0v) is 9.12. The molecule has 1 unspecified atom stereocenters. The van der Waals surface area contributed by atoms with Gasteiger partial charge in [-0.25, -0.2) is 0 Å². The van der Waals surface area contributed by atoms with E-state index >= 15 is 0 Å². The Morgan fingerprint density at radius 2 is 1.57 bits per heavy atom. The molecule has 0 aromatic heterocycles. The van der Waals surface area contributed by atoms with Crippen LogP contribution in [0.25, 0.3) is 0 Å². The van der Waals surface area contributed by atoms with Crippen LogP contribution >= 0.6 is 0 Å². The quantitative estimate of drug-likeness (QED) is 0.450. The van der Waals surface area contributed by atoms with Gasteiger partial charge in [-0.3, -0.25) is 0 Å². The fraction of sp³-hybridized carbons (Fsp3) is 1.00. The Balaban J connectivity index is 3.03. The van der Waals surface area contributed by atoms with E-state index in [-0.39, 0.29) is 5.54 Å². The van der Waals surface area contributed by atoms with Crippen molar-refractivity contribution < 1.29 is 0 Å². The summed E-state index contributed by atoms with van der Waals surface area (Å²) in [7, 11) is 29.4. The highest BCUT2D eigenvalue weighted by molar-refractivity contribution is 6.51. The highest BCUT2D eigenvalue weighted by atomic mass is 15.3. The second-order valence-electron chi connectivity index (χ2n) is 5.23. The zero-order valence-electron chi connectivity index (χ0n) is 9.12. The smallest absolute Gasteiger partial charge is 0.0817 e. The third-order valence-electron chi connectivity index (χ3n) is 2.79. The average Bonchev–Trinajstić information content (AvgIpc) is 2.10. The molecule has 0 aliphatic carbocycles. The lowest BCUT2D eigenvalue weighted by Gasteiger charge is -2.45. The number of nitrogens with zero attached hydrogens (tertiary/aromatic N) is 1. The first-order valence-corrected chi connectivity index (χ1v) is 4.68. The lowest BCUT2D eigenvalue weighted by molar-refractivity contribution is 0.138. The van der Waals surface area contributed by atoms with Gasteiger partial charge in [0.1, 0.15) is 0 Å². The van der Waals surface area contributed by atoms with Gasteiger partial charge < -0.3 is 4.90 Å². The molecular formula is C8H12B5N. The van der Waals surface area contributed by atoms with E-state index in [1.807, 2.05) is 25.7 Å². The van der Waals surface area contributed by atoms with Crippen molar-refractivity contribution in [2.75, 3.05) is 6.54 Å². The lowest BCUT2D eigenvalue weighted by atomic mass is 9.36. The van der Waals surface area contributed by atoms with E-state index in [0.29, 0.717) is 6.54 Å². The van der Waals surface area contributed by atoms with Gasteiger partial charge in [-0.1, -0.05) is 16.4 Å². The minimum Gasteiger partial charge on any atom is -0.311 e. The van der Waals surface area contributed by atoms with Crippen LogP contribution in [0.2, 0.25) is 11.0 Å². The van der Waals surface area contributed by atoms with Gasteiger partial charge in [0, 0.05) is 5.54 Å². The SMILES string of the molecule is [B]C1C([B])([B])CN(C(C)(C)C)C1([B])[B]. The number of rotatable bonds is 0. The molecule has 1 heterocycles. The second kappa shape index (κ2) is 3.14. The van der Waals surface area contributed by atoms with Gasteiger partial charge in [-0.15, -0.1) is 0 Å². The summed E-state index contributed by atoms with van der Waals surface area (Å²) < 4.78 is 0. The van der Waals surface area contributed by atoms with Crippen molar-refractivity contribution in [1.29, 1.82) is 0 Å². The van der Waals surface area contributed by atoms with E-state index in [2.05, 4.69) is 0 Å². The van der Waals surface area contributed by atoms with Gasteiger partial charge in [-0.2, -0.15) is 0 Å². The highest BCUT2D eigenvalue weighted by Gasteiger charge is 2.50. The fourth-order valence-electron chi connectivity index (χ4n) is 1.93. The summed E-state index contributed by atoms with van der Waals surface area (Å²) in [6.45, 7) is 6.38. The molecule has 1 saturated heterocycles. The van der Waals surface area contributed by atoms with Crippen LogP contribution in [0.5, 0.6) is 0 Å². The molecule has 0 saturated carbocycles. The predicted molar refractivity (Wildman–Crippen MR) is 64.4 cm³/mol. The van der Waals surface area contributed by atoms with Gasteiger partial charge in [0.2, 0.25) is 0 Å². The van der Waals surface area contributed by atoms with E-state index in [1.165, 1.54) is 0 Å². The van der Waals surface area contributed by atoms with E-state index in [4.69, 9.17) is 39.2 Å². The van der Waals surface area contributed by atoms with Crippen molar-refractivity contribution >= 4 is 39.2 Å². The summed E-state index contributed by atoms with van der Waals surface area (Å²) in [5, 5.41) is -2.18. The van der Waals surface area contributed by atoms with Crippen molar-refractivity contribution in [2.24, 2.45) is 0 Å². The minimum atomic E-state index is -1.15. The van der Waals surface area contributed by atoms with Gasteiger partial charge >= 0.3 is 0 Å². The standard InChI is InChI=1S/C8H12B5N/c1-6(2,3)14-4-7(10,11)5(9)8(14,12)13/h5H,4H2,1-3H3. The van der Waals surface area contributed by atoms with Crippen LogP contribution in [-0.2, 0) is 0 Å². The average molecular weight is 176 g/mol. The summed E-state index contributed by atoms with van der Waals surface area (Å²) >= 11 is 0. The molecule has 0 spiro atoms. The van der Waals surface area contributed by atoms with E-state index in [9.17, 15) is 0 Å². The molecule has 0 N–H and O–H groups in total. The van der Waals surface area contributed by atoms with Gasteiger partial charge in [-0.05, 0) is 27.3 Å². The maximum absolute atomic E-state index is 5.95. The fourth-order valence-corrected chi connectivity index (χ4v) is 1.93. The van der Waals surface area contributed by atoms with Crippen LogP contribution in [0.4, 0.5) is 0 Å². The zero-order chi connectivity index (χ0) is 11.4. The van der Waals surface area contributed by atoms with Crippen molar-refractivity contribution in [3.8, 4) is 0 Å². The number of hydrogen-bond acceptors (Lipinski definition) is 1. The van der Waals surface area contributed by atoms with Crippen molar-refractivity contribution in [1.82, 2.24) is 4.90 Å². The molecule has 1 fully saturated rings. The summed E-state index contributed by atoms with van der Waals surface area (Å²) in [4.78, 5) is 1.84. The van der Waals surface area contributed by atoms with E-state index in [0.717, 1.165) is 0 Å². The molecule has 1 aliphatic heterocycles. The third kappa shape index (κ3) is 1.82. The molecule has 0 aromatic carbocycles. The highest BCUT2D eigenvalue weighted by Crippen LogP contribution is 2.49. The first-order chi connectivity index (χ1) is 5.99. The van der Waals surface area contributed by atoms with Crippen LogP contribution in [0.15, 0.2) is 0 Å². The van der Waals surface area contributed by atoms with Crippen molar-refractivity contribution in [2.45, 2.75) is 42.7 Å². The number of likely N-dealkylation sites (tertiary alicyclic amines) is 1. The van der Waals surface area contributed by atoms with Crippen LogP contribution in [-0.4, -0.2) is 61.6 Å². The number of hydrogen-bond donors (Lipinski definition) is 0. The Bertz CT molecular complexity index is 232. The molecule has 1 rings (SSSR count). The Morgan fingerprint density at radius 3 is 1.71 bits per heavy atom. The molecule has 10 radical (unpaired) electrons. The second-order valence-corrected chi connectivity index (χ2v) is 5.23. The molecule has 1 atom stereocenters. The molecular weight excluding hydrogens is 164 g/mol. The maximum Gasteiger partial charge on any atom is 0.0817 e. The normalized spacial score (nSPS) is 31.8. The first kappa shape index (κ1) is 12.4. The lowest BCUT2D eigenvalue weighted by Crippen LogP contribution is -2.55. The summed E-state index contributed by atoms with van der Waals surface area (Å²) in [5.74, 6) is -0.644. The summed E-state index contributed by atoms with van der Waals surface area (Å²) in [5.41, 5.74) is -0.207. The van der Waals surface area contributed by atoms with Crippen LogP contribution < -0.4 is 0 Å². The molecule has 0 amide bonds. The molecule has 0 bridgehead atoms. The first-order valence-electron chi connectivity index (χ1n) is 4.68. The molecule has 1 aliphatic rings. The Morgan fingerprint density at radius 1 is 1.14 bits per heavy atom. The molecule has 1 nitrogen and oxygen atoms in total. The third-order valence-corrected chi connectivity index (χ3v) is 2.79. The molecule has 14 heavy (non-hydrogen) atoms. The van der Waals surface area contributed by atoms with Crippen LogP contribution in [0, 0.1) is 0 Å². The van der Waals surface area contributed by atoms with Gasteiger partial charge in [0.25, 0.3) is 0 Å². The Hall–Kier alpha value is 0.285. The maximum atomic E-state index is 5.95. The minimum absolute atomic E-state index is 0.207. The molecule has 64 valence electrons. The predicted octanol–water partition coefficient (Wildman–Crippen LogP) is -0.499. The Labute approximate surface area is 93.8 Å². The van der Waals surface area contributed by atoms with Crippen molar-refractivity contribution in [3.63, 3.8) is 0 Å².